The number of carboxylic acids is 1. The van der Waals surface area contributed by atoms with Gasteiger partial charge in [0.1, 0.15) is 12.3 Å². The lowest BCUT2D eigenvalue weighted by molar-refractivity contribution is -0.144. The molecule has 0 aliphatic heterocycles. The van der Waals surface area contributed by atoms with Crippen LogP contribution in [0.4, 0.5) is 0 Å². The van der Waals surface area contributed by atoms with E-state index in [0.29, 0.717) is 0 Å². The first-order valence-electron chi connectivity index (χ1n) is 6.13. The number of carbonyl (C=O) groups is 2. The van der Waals surface area contributed by atoms with Crippen LogP contribution in [0.3, 0.4) is 0 Å². The highest BCUT2D eigenvalue weighted by atomic mass is 16.5. The summed E-state index contributed by atoms with van der Waals surface area (Å²) in [5, 5.41) is 8.67. The molecule has 5 nitrogen and oxygen atoms in total. The van der Waals surface area contributed by atoms with Crippen molar-refractivity contribution in [2.24, 2.45) is 5.92 Å². The van der Waals surface area contributed by atoms with Crippen LogP contribution in [-0.2, 0) is 9.59 Å². The Kier molecular flexibility index (Phi) is 3.74. The van der Waals surface area contributed by atoms with E-state index in [4.69, 9.17) is 9.84 Å². The van der Waals surface area contributed by atoms with Crippen LogP contribution in [0, 0.1) is 5.92 Å². The third-order valence-electron chi connectivity index (χ3n) is 3.40. The second-order valence-electron chi connectivity index (χ2n) is 4.81. The minimum Gasteiger partial charge on any atom is -0.497 e. The van der Waals surface area contributed by atoms with Crippen LogP contribution < -0.4 is 4.74 Å². The number of rotatable bonds is 5. The van der Waals surface area contributed by atoms with Crippen molar-refractivity contribution in [1.82, 2.24) is 4.90 Å². The summed E-state index contributed by atoms with van der Waals surface area (Å²) in [6.45, 7) is -0.245. The van der Waals surface area contributed by atoms with E-state index in [1.165, 1.54) is 11.9 Å². The Morgan fingerprint density at radius 1 is 1.37 bits per heavy atom. The summed E-state index contributed by atoms with van der Waals surface area (Å²) in [7, 11) is 3.14. The molecule has 0 bridgehead atoms. The smallest absolute Gasteiger partial charge is 0.323 e. The van der Waals surface area contributed by atoms with Gasteiger partial charge in [0.15, 0.2) is 0 Å². The summed E-state index contributed by atoms with van der Waals surface area (Å²) in [6.07, 6.45) is 0.787. The number of ether oxygens (including phenoxy) is 1. The molecule has 2 rings (SSSR count). The SMILES string of the molecule is COc1ccc(C2CC2C(=O)N(C)CC(=O)O)cc1. The van der Waals surface area contributed by atoms with Gasteiger partial charge >= 0.3 is 5.97 Å². The normalized spacial score (nSPS) is 20.7. The fourth-order valence-electron chi connectivity index (χ4n) is 2.25. The third-order valence-corrected chi connectivity index (χ3v) is 3.40. The highest BCUT2D eigenvalue weighted by Gasteiger charge is 2.45. The fourth-order valence-corrected chi connectivity index (χ4v) is 2.25. The molecule has 1 saturated carbocycles. The minimum atomic E-state index is -0.988. The molecule has 1 aromatic carbocycles. The Bertz CT molecular complexity index is 483. The van der Waals surface area contributed by atoms with Gasteiger partial charge in [0, 0.05) is 13.0 Å². The maximum atomic E-state index is 12.0. The maximum absolute atomic E-state index is 12.0. The summed E-state index contributed by atoms with van der Waals surface area (Å²) in [5.41, 5.74) is 1.10. The molecular weight excluding hydrogens is 246 g/mol. The Morgan fingerprint density at radius 2 is 2.00 bits per heavy atom. The van der Waals surface area contributed by atoms with Crippen LogP contribution >= 0.6 is 0 Å². The zero-order valence-electron chi connectivity index (χ0n) is 11.0. The lowest BCUT2D eigenvalue weighted by Gasteiger charge is -2.14. The van der Waals surface area contributed by atoms with Crippen molar-refractivity contribution in [3.63, 3.8) is 0 Å². The van der Waals surface area contributed by atoms with Crippen molar-refractivity contribution in [3.8, 4) is 5.75 Å². The van der Waals surface area contributed by atoms with Gasteiger partial charge in [-0.3, -0.25) is 9.59 Å². The van der Waals surface area contributed by atoms with E-state index >= 15 is 0 Å². The average molecular weight is 263 g/mol. The van der Waals surface area contributed by atoms with Crippen molar-refractivity contribution in [3.05, 3.63) is 29.8 Å². The van der Waals surface area contributed by atoms with Gasteiger partial charge in [-0.25, -0.2) is 0 Å². The number of hydrogen-bond donors (Lipinski definition) is 1. The molecule has 1 aliphatic rings. The predicted molar refractivity (Wildman–Crippen MR) is 69.1 cm³/mol. The number of amides is 1. The molecule has 1 aromatic rings. The number of nitrogens with zero attached hydrogens (tertiary/aromatic N) is 1. The summed E-state index contributed by atoms with van der Waals surface area (Å²) < 4.78 is 5.09. The van der Waals surface area contributed by atoms with Crippen molar-refractivity contribution in [2.75, 3.05) is 20.7 Å². The molecule has 1 fully saturated rings. The van der Waals surface area contributed by atoms with Crippen molar-refractivity contribution >= 4 is 11.9 Å². The first kappa shape index (κ1) is 13.4. The molecule has 19 heavy (non-hydrogen) atoms. The summed E-state index contributed by atoms with van der Waals surface area (Å²) in [6, 6.07) is 7.65. The molecule has 1 aliphatic carbocycles. The van der Waals surface area contributed by atoms with Crippen molar-refractivity contribution in [1.29, 1.82) is 0 Å². The Morgan fingerprint density at radius 3 is 2.53 bits per heavy atom. The molecule has 5 heteroatoms. The molecule has 0 spiro atoms. The monoisotopic (exact) mass is 263 g/mol. The van der Waals surface area contributed by atoms with Gasteiger partial charge in [0.2, 0.25) is 5.91 Å². The lowest BCUT2D eigenvalue weighted by atomic mass is 10.1. The Labute approximate surface area is 111 Å². The molecule has 0 heterocycles. The third kappa shape index (κ3) is 3.05. The van der Waals surface area contributed by atoms with E-state index < -0.39 is 5.97 Å². The molecular formula is C14H17NO4. The minimum absolute atomic E-state index is 0.0854. The van der Waals surface area contributed by atoms with Crippen LogP contribution in [0.1, 0.15) is 17.9 Å². The Hall–Kier alpha value is -2.04. The highest BCUT2D eigenvalue weighted by molar-refractivity contribution is 5.85. The molecule has 0 aromatic heterocycles. The van der Waals surface area contributed by atoms with Crippen molar-refractivity contribution in [2.45, 2.75) is 12.3 Å². The lowest BCUT2D eigenvalue weighted by Crippen LogP contribution is -2.33. The van der Waals surface area contributed by atoms with Crippen LogP contribution in [0.5, 0.6) is 5.75 Å². The van der Waals surface area contributed by atoms with Gasteiger partial charge in [-0.1, -0.05) is 12.1 Å². The topological polar surface area (TPSA) is 66.8 Å². The number of benzene rings is 1. The van der Waals surface area contributed by atoms with Gasteiger partial charge in [0.05, 0.1) is 7.11 Å². The van der Waals surface area contributed by atoms with Crippen LogP contribution in [0.15, 0.2) is 24.3 Å². The largest absolute Gasteiger partial charge is 0.497 e. The van der Waals surface area contributed by atoms with E-state index in [1.54, 1.807) is 7.11 Å². The van der Waals surface area contributed by atoms with Gasteiger partial charge in [0.25, 0.3) is 0 Å². The Balaban J connectivity index is 1.96. The van der Waals surface area contributed by atoms with E-state index in [1.807, 2.05) is 24.3 Å². The summed E-state index contributed by atoms with van der Waals surface area (Å²) in [4.78, 5) is 23.8. The van der Waals surface area contributed by atoms with E-state index in [-0.39, 0.29) is 24.3 Å². The number of methoxy groups -OCH3 is 1. The molecule has 1 amide bonds. The molecule has 1 N–H and O–H groups in total. The number of carbonyl (C=O) groups excluding carboxylic acids is 1. The quantitative estimate of drug-likeness (QED) is 0.870. The van der Waals surface area contributed by atoms with E-state index in [0.717, 1.165) is 17.7 Å². The average Bonchev–Trinajstić information content (AvgIpc) is 3.17. The zero-order chi connectivity index (χ0) is 14.0. The molecule has 0 saturated heterocycles. The second-order valence-corrected chi connectivity index (χ2v) is 4.81. The fraction of sp³-hybridized carbons (Fsp3) is 0.429. The maximum Gasteiger partial charge on any atom is 0.323 e. The number of likely N-dealkylation sites (N-methyl/N-ethyl adjacent to an activating group) is 1. The van der Waals surface area contributed by atoms with E-state index in [9.17, 15) is 9.59 Å². The first-order valence-corrected chi connectivity index (χ1v) is 6.13. The van der Waals surface area contributed by atoms with Gasteiger partial charge in [-0.2, -0.15) is 0 Å². The molecule has 2 atom stereocenters. The first-order chi connectivity index (χ1) is 9.02. The van der Waals surface area contributed by atoms with Crippen LogP contribution in [0.25, 0.3) is 0 Å². The number of carboxylic acid groups (broad SMARTS) is 1. The summed E-state index contributed by atoms with van der Waals surface area (Å²) in [5.74, 6) is -0.177. The standard InChI is InChI=1S/C14H17NO4/c1-15(8-13(16)17)14(18)12-7-11(12)9-3-5-10(19-2)6-4-9/h3-6,11-12H,7-8H2,1-2H3,(H,16,17). The van der Waals surface area contributed by atoms with Crippen molar-refractivity contribution < 1.29 is 19.4 Å². The molecule has 2 unspecified atom stereocenters. The van der Waals surface area contributed by atoms with Crippen LogP contribution in [-0.4, -0.2) is 42.6 Å². The van der Waals surface area contributed by atoms with Gasteiger partial charge < -0.3 is 14.7 Å². The van der Waals surface area contributed by atoms with E-state index in [2.05, 4.69) is 0 Å². The number of aliphatic carboxylic acids is 1. The molecule has 102 valence electrons. The van der Waals surface area contributed by atoms with Crippen LogP contribution in [0.2, 0.25) is 0 Å². The highest BCUT2D eigenvalue weighted by Crippen LogP contribution is 2.48. The summed E-state index contributed by atoms with van der Waals surface area (Å²) >= 11 is 0. The zero-order valence-corrected chi connectivity index (χ0v) is 11.0. The number of hydrogen-bond acceptors (Lipinski definition) is 3. The predicted octanol–water partition coefficient (Wildman–Crippen LogP) is 1.34. The second kappa shape index (κ2) is 5.30. The van der Waals surface area contributed by atoms with Gasteiger partial charge in [-0.15, -0.1) is 0 Å². The van der Waals surface area contributed by atoms with Gasteiger partial charge in [-0.05, 0) is 30.0 Å². The molecule has 0 radical (unpaired) electrons.